The maximum absolute atomic E-state index is 13.1. The molecule has 0 saturated carbocycles. The molecule has 29 heavy (non-hydrogen) atoms. The van der Waals surface area contributed by atoms with Gasteiger partial charge in [-0.05, 0) is 54.1 Å². The average molecular weight is 452 g/mol. The Morgan fingerprint density at radius 1 is 1.03 bits per heavy atom. The summed E-state index contributed by atoms with van der Waals surface area (Å²) < 4.78 is 25.1. The van der Waals surface area contributed by atoms with Crippen LogP contribution in [0.5, 0.6) is 5.75 Å². The van der Waals surface area contributed by atoms with E-state index in [0.717, 1.165) is 15.6 Å². The lowest BCUT2D eigenvalue weighted by Gasteiger charge is -2.08. The van der Waals surface area contributed by atoms with E-state index in [-0.39, 0.29) is 17.4 Å². The molecule has 3 aromatic rings. The van der Waals surface area contributed by atoms with Gasteiger partial charge in [-0.15, -0.1) is 0 Å². The zero-order valence-corrected chi connectivity index (χ0v) is 16.7. The number of nitrogens with zero attached hydrogens (tertiary/aromatic N) is 1. The number of rotatable bonds is 5. The summed E-state index contributed by atoms with van der Waals surface area (Å²) in [7, 11) is 0. The van der Waals surface area contributed by atoms with Gasteiger partial charge in [0.25, 0.3) is 0 Å². The fourth-order valence-electron chi connectivity index (χ4n) is 2.75. The normalized spacial score (nSPS) is 14.6. The topological polar surface area (TPSA) is 47.9 Å². The molecular formula is C23H15BrFNO3. The molecule has 0 fully saturated rings. The standard InChI is InChI=1S/C23H15BrFNO3/c24-20-7-2-1-5-17(20)14-28-19-6-3-4-15(12-19)13-21-23(27)29-22(26-21)16-8-10-18(25)11-9-16/h1-13H,14H2/b21-13-. The zero-order chi connectivity index (χ0) is 20.2. The lowest BCUT2D eigenvalue weighted by atomic mass is 10.2. The second-order valence-electron chi connectivity index (χ2n) is 6.30. The Labute approximate surface area is 175 Å². The first kappa shape index (κ1) is 19.1. The van der Waals surface area contributed by atoms with Crippen molar-refractivity contribution < 1.29 is 18.7 Å². The van der Waals surface area contributed by atoms with Crippen LogP contribution in [0.15, 0.2) is 88.0 Å². The highest BCUT2D eigenvalue weighted by molar-refractivity contribution is 9.10. The number of hydrogen-bond donors (Lipinski definition) is 0. The highest BCUT2D eigenvalue weighted by Gasteiger charge is 2.24. The molecule has 1 aliphatic heterocycles. The number of benzene rings is 3. The van der Waals surface area contributed by atoms with E-state index in [9.17, 15) is 9.18 Å². The van der Waals surface area contributed by atoms with E-state index < -0.39 is 5.97 Å². The third-order valence-corrected chi connectivity index (χ3v) is 5.00. The van der Waals surface area contributed by atoms with Gasteiger partial charge < -0.3 is 9.47 Å². The zero-order valence-electron chi connectivity index (χ0n) is 15.1. The second-order valence-corrected chi connectivity index (χ2v) is 7.15. The molecule has 1 aliphatic rings. The third-order valence-electron chi connectivity index (χ3n) is 4.23. The summed E-state index contributed by atoms with van der Waals surface area (Å²) in [6, 6.07) is 20.8. The van der Waals surface area contributed by atoms with Gasteiger partial charge in [-0.2, -0.15) is 0 Å². The van der Waals surface area contributed by atoms with E-state index in [0.29, 0.717) is 17.9 Å². The van der Waals surface area contributed by atoms with Gasteiger partial charge >= 0.3 is 5.97 Å². The van der Waals surface area contributed by atoms with Crippen LogP contribution >= 0.6 is 15.9 Å². The minimum absolute atomic E-state index is 0.155. The van der Waals surface area contributed by atoms with Crippen LogP contribution in [0.3, 0.4) is 0 Å². The van der Waals surface area contributed by atoms with Gasteiger partial charge in [0.2, 0.25) is 5.90 Å². The molecular weight excluding hydrogens is 437 g/mol. The molecule has 6 heteroatoms. The van der Waals surface area contributed by atoms with Crippen LogP contribution in [-0.4, -0.2) is 11.9 Å². The molecule has 0 aromatic heterocycles. The SMILES string of the molecule is O=C1OC(c2ccc(F)cc2)=N/C1=C\c1cccc(OCc2ccccc2Br)c1. The summed E-state index contributed by atoms with van der Waals surface area (Å²) in [5, 5.41) is 0. The number of halogens is 2. The summed E-state index contributed by atoms with van der Waals surface area (Å²) >= 11 is 3.50. The van der Waals surface area contributed by atoms with Crippen molar-refractivity contribution in [3.8, 4) is 5.75 Å². The van der Waals surface area contributed by atoms with Crippen molar-refractivity contribution in [3.63, 3.8) is 0 Å². The number of aliphatic imine (C=N–C) groups is 1. The molecule has 4 nitrogen and oxygen atoms in total. The first-order chi connectivity index (χ1) is 14.1. The molecule has 0 bridgehead atoms. The lowest BCUT2D eigenvalue weighted by Crippen LogP contribution is -2.05. The molecule has 0 atom stereocenters. The summed E-state index contributed by atoms with van der Waals surface area (Å²) in [6.45, 7) is 0.413. The van der Waals surface area contributed by atoms with E-state index in [1.54, 1.807) is 6.08 Å². The largest absolute Gasteiger partial charge is 0.489 e. The van der Waals surface area contributed by atoms with Crippen molar-refractivity contribution in [2.45, 2.75) is 6.61 Å². The quantitative estimate of drug-likeness (QED) is 0.379. The van der Waals surface area contributed by atoms with Crippen LogP contribution in [0.2, 0.25) is 0 Å². The molecule has 0 saturated heterocycles. The summed E-state index contributed by atoms with van der Waals surface area (Å²) in [5.41, 5.74) is 2.50. The first-order valence-corrected chi connectivity index (χ1v) is 9.62. The van der Waals surface area contributed by atoms with Crippen molar-refractivity contribution in [2.75, 3.05) is 0 Å². The van der Waals surface area contributed by atoms with Crippen LogP contribution in [0.4, 0.5) is 4.39 Å². The third kappa shape index (κ3) is 4.60. The Bertz CT molecular complexity index is 1120. The van der Waals surface area contributed by atoms with Crippen LogP contribution < -0.4 is 4.74 Å². The molecule has 0 amide bonds. The molecule has 0 spiro atoms. The highest BCUT2D eigenvalue weighted by atomic mass is 79.9. The molecule has 1 heterocycles. The van der Waals surface area contributed by atoms with Gasteiger partial charge in [0.1, 0.15) is 18.2 Å². The maximum atomic E-state index is 13.1. The van der Waals surface area contributed by atoms with Crippen molar-refractivity contribution in [3.05, 3.63) is 105 Å². The van der Waals surface area contributed by atoms with Gasteiger partial charge in [-0.25, -0.2) is 14.2 Å². The van der Waals surface area contributed by atoms with Crippen LogP contribution in [0.25, 0.3) is 6.08 Å². The first-order valence-electron chi connectivity index (χ1n) is 8.83. The van der Waals surface area contributed by atoms with E-state index in [2.05, 4.69) is 20.9 Å². The molecule has 0 unspecified atom stereocenters. The lowest BCUT2D eigenvalue weighted by molar-refractivity contribution is -0.129. The Morgan fingerprint density at radius 2 is 1.83 bits per heavy atom. The smallest absolute Gasteiger partial charge is 0.363 e. The van der Waals surface area contributed by atoms with Crippen LogP contribution in [0, 0.1) is 5.82 Å². The predicted octanol–water partition coefficient (Wildman–Crippen LogP) is 5.51. The molecule has 144 valence electrons. The number of esters is 1. The number of carbonyl (C=O) groups is 1. The molecule has 4 rings (SSSR count). The van der Waals surface area contributed by atoms with Gasteiger partial charge in [0.15, 0.2) is 5.70 Å². The van der Waals surface area contributed by atoms with E-state index in [1.165, 1.54) is 24.3 Å². The van der Waals surface area contributed by atoms with Gasteiger partial charge in [0, 0.05) is 15.6 Å². The summed E-state index contributed by atoms with van der Waals surface area (Å²) in [5.74, 6) is -0.0931. The minimum Gasteiger partial charge on any atom is -0.489 e. The van der Waals surface area contributed by atoms with Gasteiger partial charge in [0.05, 0.1) is 0 Å². The fourth-order valence-corrected chi connectivity index (χ4v) is 3.15. The van der Waals surface area contributed by atoms with Gasteiger partial charge in [-0.3, -0.25) is 0 Å². The fraction of sp³-hybridized carbons (Fsp3) is 0.0435. The number of hydrogen-bond acceptors (Lipinski definition) is 4. The van der Waals surface area contributed by atoms with Crippen LogP contribution in [0.1, 0.15) is 16.7 Å². The minimum atomic E-state index is -0.552. The monoisotopic (exact) mass is 451 g/mol. The van der Waals surface area contributed by atoms with E-state index in [1.807, 2.05) is 48.5 Å². The summed E-state index contributed by atoms with van der Waals surface area (Å²) in [6.07, 6.45) is 1.63. The number of carbonyl (C=O) groups excluding carboxylic acids is 1. The Balaban J connectivity index is 1.52. The summed E-state index contributed by atoms with van der Waals surface area (Å²) in [4.78, 5) is 16.4. The van der Waals surface area contributed by atoms with Crippen LogP contribution in [-0.2, 0) is 16.1 Å². The van der Waals surface area contributed by atoms with Crippen molar-refractivity contribution >= 4 is 33.9 Å². The Hall–Kier alpha value is -3.25. The molecule has 0 N–H and O–H groups in total. The average Bonchev–Trinajstić information content (AvgIpc) is 3.08. The second kappa shape index (κ2) is 8.41. The Kier molecular flexibility index (Phi) is 5.53. The Morgan fingerprint density at radius 3 is 2.62 bits per heavy atom. The van der Waals surface area contributed by atoms with Crippen molar-refractivity contribution in [1.82, 2.24) is 0 Å². The molecule has 0 aliphatic carbocycles. The van der Waals surface area contributed by atoms with Gasteiger partial charge in [-0.1, -0.05) is 46.3 Å². The van der Waals surface area contributed by atoms with E-state index in [4.69, 9.17) is 9.47 Å². The van der Waals surface area contributed by atoms with Crippen molar-refractivity contribution in [2.24, 2.45) is 4.99 Å². The molecule has 3 aromatic carbocycles. The highest BCUT2D eigenvalue weighted by Crippen LogP contribution is 2.23. The number of cyclic esters (lactones) is 1. The maximum Gasteiger partial charge on any atom is 0.363 e. The molecule has 0 radical (unpaired) electrons. The predicted molar refractivity (Wildman–Crippen MR) is 112 cm³/mol. The number of ether oxygens (including phenoxy) is 2. The van der Waals surface area contributed by atoms with E-state index >= 15 is 0 Å². The van der Waals surface area contributed by atoms with Crippen molar-refractivity contribution in [1.29, 1.82) is 0 Å².